The summed E-state index contributed by atoms with van der Waals surface area (Å²) in [5.74, 6) is -0.280. The van der Waals surface area contributed by atoms with Gasteiger partial charge in [-0.2, -0.15) is 0 Å². The molecule has 2 unspecified atom stereocenters. The van der Waals surface area contributed by atoms with Crippen LogP contribution >= 0.6 is 0 Å². The van der Waals surface area contributed by atoms with Crippen molar-refractivity contribution in [2.75, 3.05) is 18.8 Å². The van der Waals surface area contributed by atoms with Gasteiger partial charge in [-0.25, -0.2) is 26.3 Å². The Hall–Kier alpha value is -1.00. The van der Waals surface area contributed by atoms with Crippen molar-refractivity contribution in [1.29, 1.82) is 0 Å². The zero-order valence-corrected chi connectivity index (χ0v) is 14.7. The molecule has 1 fully saturated rings. The zero-order chi connectivity index (χ0) is 16.9. The van der Waals surface area contributed by atoms with Gasteiger partial charge in [0, 0.05) is 18.6 Å². The van der Waals surface area contributed by atoms with Gasteiger partial charge in [0.25, 0.3) is 0 Å². The van der Waals surface area contributed by atoms with Crippen LogP contribution in [0.3, 0.4) is 0 Å². The highest BCUT2D eigenvalue weighted by Crippen LogP contribution is 2.10. The first-order valence-electron chi connectivity index (χ1n) is 7.56. The average molecular weight is 361 g/mol. The van der Waals surface area contributed by atoms with Crippen molar-refractivity contribution >= 4 is 20.0 Å². The number of hydrogen-bond acceptors (Lipinski definition) is 5. The molecule has 23 heavy (non-hydrogen) atoms. The van der Waals surface area contributed by atoms with Crippen molar-refractivity contribution in [1.82, 2.24) is 14.8 Å². The quantitative estimate of drug-likeness (QED) is 0.635. The number of piperidine rings is 1. The Balaban J connectivity index is 1.85. The number of rotatable bonds is 7. The second-order valence-electron chi connectivity index (χ2n) is 5.72. The molecule has 1 aromatic carbocycles. The van der Waals surface area contributed by atoms with Gasteiger partial charge in [-0.05, 0) is 38.4 Å². The summed E-state index contributed by atoms with van der Waals surface area (Å²) in [5, 5.41) is 3.25. The number of nitrogens with one attached hydrogen (secondary N) is 3. The number of benzene rings is 1. The molecule has 1 aromatic rings. The molecule has 1 aliphatic rings. The van der Waals surface area contributed by atoms with Gasteiger partial charge >= 0.3 is 0 Å². The van der Waals surface area contributed by atoms with Crippen LogP contribution in [0, 0.1) is 0 Å². The molecule has 7 nitrogen and oxygen atoms in total. The van der Waals surface area contributed by atoms with Crippen LogP contribution in [0.1, 0.15) is 19.8 Å². The normalized spacial score (nSPS) is 22.8. The van der Waals surface area contributed by atoms with Crippen molar-refractivity contribution in [3.63, 3.8) is 0 Å². The SMILES string of the molecule is CC1CC(NS(=O)(=O)CCNS(=O)(=O)c2ccccc2)CCN1. The van der Waals surface area contributed by atoms with Crippen molar-refractivity contribution in [2.45, 2.75) is 36.7 Å². The average Bonchev–Trinajstić information content (AvgIpc) is 2.47. The molecule has 0 bridgehead atoms. The summed E-state index contributed by atoms with van der Waals surface area (Å²) in [6.45, 7) is 2.62. The molecular weight excluding hydrogens is 338 g/mol. The minimum atomic E-state index is -3.68. The van der Waals surface area contributed by atoms with Crippen molar-refractivity contribution < 1.29 is 16.8 Å². The predicted molar refractivity (Wildman–Crippen MR) is 89.0 cm³/mol. The smallest absolute Gasteiger partial charge is 0.240 e. The minimum absolute atomic E-state index is 0.0954. The van der Waals surface area contributed by atoms with Gasteiger partial charge in [-0.15, -0.1) is 0 Å². The lowest BCUT2D eigenvalue weighted by atomic mass is 10.0. The molecule has 130 valence electrons. The predicted octanol–water partition coefficient (Wildman–Crippen LogP) is 0.0248. The molecule has 1 aliphatic heterocycles. The fraction of sp³-hybridized carbons (Fsp3) is 0.571. The second kappa shape index (κ2) is 7.71. The van der Waals surface area contributed by atoms with Crippen molar-refractivity contribution in [3.05, 3.63) is 30.3 Å². The van der Waals surface area contributed by atoms with Crippen molar-refractivity contribution in [3.8, 4) is 0 Å². The van der Waals surface area contributed by atoms with Gasteiger partial charge in [0.2, 0.25) is 20.0 Å². The van der Waals surface area contributed by atoms with Crippen LogP contribution in [0.2, 0.25) is 0 Å². The lowest BCUT2D eigenvalue weighted by molar-refractivity contribution is 0.361. The van der Waals surface area contributed by atoms with Gasteiger partial charge in [0.15, 0.2) is 0 Å². The van der Waals surface area contributed by atoms with Gasteiger partial charge in [0.1, 0.15) is 0 Å². The minimum Gasteiger partial charge on any atom is -0.314 e. The Kier molecular flexibility index (Phi) is 6.15. The highest BCUT2D eigenvalue weighted by molar-refractivity contribution is 7.90. The molecule has 9 heteroatoms. The van der Waals surface area contributed by atoms with Gasteiger partial charge < -0.3 is 5.32 Å². The van der Waals surface area contributed by atoms with E-state index in [2.05, 4.69) is 14.8 Å². The summed E-state index contributed by atoms with van der Waals surface area (Å²) < 4.78 is 53.1. The van der Waals surface area contributed by atoms with E-state index in [4.69, 9.17) is 0 Å². The van der Waals surface area contributed by atoms with Crippen molar-refractivity contribution in [2.24, 2.45) is 0 Å². The Bertz CT molecular complexity index is 705. The van der Waals surface area contributed by atoms with Crippen LogP contribution < -0.4 is 14.8 Å². The third-order valence-electron chi connectivity index (χ3n) is 3.69. The van der Waals surface area contributed by atoms with E-state index in [9.17, 15) is 16.8 Å². The second-order valence-corrected chi connectivity index (χ2v) is 9.36. The largest absolute Gasteiger partial charge is 0.314 e. The molecule has 2 rings (SSSR count). The summed E-state index contributed by atoms with van der Waals surface area (Å²) >= 11 is 0. The Morgan fingerprint density at radius 1 is 1.17 bits per heavy atom. The summed E-state index contributed by atoms with van der Waals surface area (Å²) in [6, 6.07) is 8.05. The summed E-state index contributed by atoms with van der Waals surface area (Å²) in [7, 11) is -7.19. The van der Waals surface area contributed by atoms with Crippen LogP contribution in [0.15, 0.2) is 35.2 Å². The van der Waals surface area contributed by atoms with Gasteiger partial charge in [0.05, 0.1) is 10.6 Å². The molecule has 1 saturated heterocycles. The maximum absolute atomic E-state index is 12.1. The van der Waals surface area contributed by atoms with E-state index in [0.29, 0.717) is 0 Å². The lowest BCUT2D eigenvalue weighted by Gasteiger charge is -2.28. The van der Waals surface area contributed by atoms with Crippen LogP contribution in [0.25, 0.3) is 0 Å². The van der Waals surface area contributed by atoms with E-state index < -0.39 is 20.0 Å². The fourth-order valence-electron chi connectivity index (χ4n) is 2.55. The number of sulfonamides is 2. The Morgan fingerprint density at radius 3 is 2.52 bits per heavy atom. The van der Waals surface area contributed by atoms with Crippen LogP contribution in [0.5, 0.6) is 0 Å². The molecule has 2 atom stereocenters. The van der Waals surface area contributed by atoms with E-state index in [1.54, 1.807) is 18.2 Å². The molecule has 0 spiro atoms. The maximum atomic E-state index is 12.1. The lowest BCUT2D eigenvalue weighted by Crippen LogP contribution is -2.47. The van der Waals surface area contributed by atoms with Gasteiger partial charge in [-0.3, -0.25) is 0 Å². The standard InChI is InChI=1S/C14H23N3O4S2/c1-12-11-13(7-8-15-12)17-22(18,19)10-9-16-23(20,21)14-5-3-2-4-6-14/h2-6,12-13,15-17H,7-11H2,1H3. The first-order valence-corrected chi connectivity index (χ1v) is 10.7. The first kappa shape index (κ1) is 18.3. The molecule has 0 saturated carbocycles. The van der Waals surface area contributed by atoms with E-state index in [-0.39, 0.29) is 29.3 Å². The first-order chi connectivity index (χ1) is 10.8. The van der Waals surface area contributed by atoms with E-state index in [1.165, 1.54) is 12.1 Å². The molecule has 3 N–H and O–H groups in total. The molecule has 0 amide bonds. The summed E-state index contributed by atoms with van der Waals surface area (Å²) in [6.07, 6.45) is 1.47. The number of hydrogen-bond donors (Lipinski definition) is 3. The molecule has 1 heterocycles. The highest BCUT2D eigenvalue weighted by atomic mass is 32.2. The van der Waals surface area contributed by atoms with Crippen LogP contribution in [-0.4, -0.2) is 47.8 Å². The maximum Gasteiger partial charge on any atom is 0.240 e. The third kappa shape index (κ3) is 5.85. The molecule has 0 aromatic heterocycles. The van der Waals surface area contributed by atoms with Crippen LogP contribution in [-0.2, 0) is 20.0 Å². The third-order valence-corrected chi connectivity index (χ3v) is 6.60. The summed E-state index contributed by atoms with van der Waals surface area (Å²) in [5.41, 5.74) is 0. The molecule has 0 aliphatic carbocycles. The van der Waals surface area contributed by atoms with E-state index in [1.807, 2.05) is 6.92 Å². The van der Waals surface area contributed by atoms with E-state index in [0.717, 1.165) is 19.4 Å². The summed E-state index contributed by atoms with van der Waals surface area (Å²) in [4.78, 5) is 0.123. The Labute approximate surface area is 138 Å². The fourth-order valence-corrected chi connectivity index (χ4v) is 4.94. The van der Waals surface area contributed by atoms with Crippen LogP contribution in [0.4, 0.5) is 0 Å². The molecule has 0 radical (unpaired) electrons. The van der Waals surface area contributed by atoms with Gasteiger partial charge in [-0.1, -0.05) is 18.2 Å². The van der Waals surface area contributed by atoms with E-state index >= 15 is 0 Å². The monoisotopic (exact) mass is 361 g/mol. The Morgan fingerprint density at radius 2 is 1.87 bits per heavy atom. The zero-order valence-electron chi connectivity index (χ0n) is 13.0. The highest BCUT2D eigenvalue weighted by Gasteiger charge is 2.23. The topological polar surface area (TPSA) is 104 Å². The molecular formula is C14H23N3O4S2.